The first-order chi connectivity index (χ1) is 7.15. The lowest BCUT2D eigenvalue weighted by atomic mass is 10.1. The molecule has 1 amide bonds. The van der Waals surface area contributed by atoms with Crippen molar-refractivity contribution in [2.45, 2.75) is 38.1 Å². The van der Waals surface area contributed by atoms with Gasteiger partial charge in [0, 0.05) is 12.3 Å². The fourth-order valence-electron chi connectivity index (χ4n) is 1.80. The number of nitrogens with one attached hydrogen (secondary N) is 1. The minimum atomic E-state index is -1.07. The number of hydrogen-bond acceptors (Lipinski definition) is 2. The Morgan fingerprint density at radius 2 is 2.07 bits per heavy atom. The van der Waals surface area contributed by atoms with E-state index in [0.717, 1.165) is 25.7 Å². The van der Waals surface area contributed by atoms with Crippen molar-refractivity contribution in [1.29, 1.82) is 0 Å². The van der Waals surface area contributed by atoms with Crippen LogP contribution in [0.2, 0.25) is 0 Å². The fraction of sp³-hybridized carbons (Fsp3) is 0.636. The van der Waals surface area contributed by atoms with E-state index in [2.05, 4.69) is 11.2 Å². The molecule has 1 rings (SSSR count). The summed E-state index contributed by atoms with van der Waals surface area (Å²) in [7, 11) is 0. The van der Waals surface area contributed by atoms with E-state index in [1.807, 2.05) is 0 Å². The molecule has 82 valence electrons. The minimum absolute atomic E-state index is 0.0235. The number of terminal acetylenes is 1. The third-order valence-corrected chi connectivity index (χ3v) is 2.66. The van der Waals surface area contributed by atoms with Crippen molar-refractivity contribution in [3.8, 4) is 12.3 Å². The topological polar surface area (TPSA) is 66.4 Å². The van der Waals surface area contributed by atoms with Gasteiger partial charge in [-0.1, -0.05) is 12.8 Å². The van der Waals surface area contributed by atoms with E-state index in [-0.39, 0.29) is 18.2 Å². The van der Waals surface area contributed by atoms with Gasteiger partial charge in [-0.15, -0.1) is 12.3 Å². The minimum Gasteiger partial charge on any atom is -0.480 e. The summed E-state index contributed by atoms with van der Waals surface area (Å²) in [6, 6.07) is -0.942. The zero-order valence-electron chi connectivity index (χ0n) is 8.53. The van der Waals surface area contributed by atoms with E-state index < -0.39 is 12.0 Å². The molecule has 0 spiro atoms. The summed E-state index contributed by atoms with van der Waals surface area (Å²) in [4.78, 5) is 22.3. The second-order valence-electron chi connectivity index (χ2n) is 3.79. The maximum absolute atomic E-state index is 11.6. The molecular weight excluding hydrogens is 194 g/mol. The molecule has 1 fully saturated rings. The number of hydrogen-bond donors (Lipinski definition) is 2. The van der Waals surface area contributed by atoms with Gasteiger partial charge in [0.1, 0.15) is 6.04 Å². The van der Waals surface area contributed by atoms with E-state index in [1.54, 1.807) is 0 Å². The Hall–Kier alpha value is -1.50. The number of carbonyl (C=O) groups excluding carboxylic acids is 1. The van der Waals surface area contributed by atoms with E-state index in [1.165, 1.54) is 0 Å². The van der Waals surface area contributed by atoms with Crippen molar-refractivity contribution in [2.24, 2.45) is 5.92 Å². The summed E-state index contributed by atoms with van der Waals surface area (Å²) < 4.78 is 0. The fourth-order valence-corrected chi connectivity index (χ4v) is 1.80. The number of aliphatic carboxylic acids is 1. The van der Waals surface area contributed by atoms with Gasteiger partial charge in [0.05, 0.1) is 0 Å². The van der Waals surface area contributed by atoms with Crippen molar-refractivity contribution >= 4 is 11.9 Å². The lowest BCUT2D eigenvalue weighted by Gasteiger charge is -2.15. The van der Waals surface area contributed by atoms with Gasteiger partial charge in [0.2, 0.25) is 5.91 Å². The molecule has 4 nitrogen and oxygen atoms in total. The van der Waals surface area contributed by atoms with Gasteiger partial charge in [-0.3, -0.25) is 4.79 Å². The van der Waals surface area contributed by atoms with Crippen LogP contribution in [0, 0.1) is 18.3 Å². The molecule has 0 bridgehead atoms. The van der Waals surface area contributed by atoms with Gasteiger partial charge < -0.3 is 10.4 Å². The molecule has 0 aliphatic heterocycles. The van der Waals surface area contributed by atoms with Crippen molar-refractivity contribution in [1.82, 2.24) is 5.32 Å². The number of carbonyl (C=O) groups is 2. The molecule has 0 aromatic heterocycles. The summed E-state index contributed by atoms with van der Waals surface area (Å²) in [5.41, 5.74) is 0. The van der Waals surface area contributed by atoms with Crippen LogP contribution in [0.1, 0.15) is 32.1 Å². The lowest BCUT2D eigenvalue weighted by molar-refractivity contribution is -0.142. The maximum Gasteiger partial charge on any atom is 0.327 e. The van der Waals surface area contributed by atoms with Crippen LogP contribution in [-0.2, 0) is 9.59 Å². The van der Waals surface area contributed by atoms with Crippen LogP contribution >= 0.6 is 0 Å². The monoisotopic (exact) mass is 209 g/mol. The molecule has 0 heterocycles. The Morgan fingerprint density at radius 1 is 1.47 bits per heavy atom. The van der Waals surface area contributed by atoms with Gasteiger partial charge in [-0.25, -0.2) is 4.79 Å². The van der Waals surface area contributed by atoms with Crippen molar-refractivity contribution < 1.29 is 14.7 Å². The smallest absolute Gasteiger partial charge is 0.327 e. The Morgan fingerprint density at radius 3 is 2.53 bits per heavy atom. The van der Waals surface area contributed by atoms with Crippen LogP contribution in [0.25, 0.3) is 0 Å². The molecule has 15 heavy (non-hydrogen) atoms. The Balaban J connectivity index is 2.46. The molecule has 1 atom stereocenters. The first-order valence-electron chi connectivity index (χ1n) is 5.11. The molecule has 1 aliphatic rings. The second kappa shape index (κ2) is 5.40. The number of amides is 1. The van der Waals surface area contributed by atoms with Crippen molar-refractivity contribution in [2.75, 3.05) is 0 Å². The van der Waals surface area contributed by atoms with Crippen molar-refractivity contribution in [3.63, 3.8) is 0 Å². The third kappa shape index (κ3) is 3.28. The first-order valence-corrected chi connectivity index (χ1v) is 5.11. The molecule has 0 saturated heterocycles. The third-order valence-electron chi connectivity index (χ3n) is 2.66. The average Bonchev–Trinajstić information content (AvgIpc) is 2.69. The van der Waals surface area contributed by atoms with Gasteiger partial charge >= 0.3 is 5.97 Å². The van der Waals surface area contributed by atoms with Gasteiger partial charge in [0.25, 0.3) is 0 Å². The largest absolute Gasteiger partial charge is 0.480 e. The molecule has 1 saturated carbocycles. The lowest BCUT2D eigenvalue weighted by Crippen LogP contribution is -2.42. The molecule has 0 aromatic rings. The highest BCUT2D eigenvalue weighted by Crippen LogP contribution is 2.24. The van der Waals surface area contributed by atoms with Crippen molar-refractivity contribution in [3.05, 3.63) is 0 Å². The molecule has 1 aliphatic carbocycles. The first kappa shape index (κ1) is 11.6. The number of carboxylic acids is 1. The molecule has 4 heteroatoms. The summed E-state index contributed by atoms with van der Waals surface area (Å²) in [6.45, 7) is 0. The molecule has 0 aromatic carbocycles. The van der Waals surface area contributed by atoms with E-state index in [9.17, 15) is 9.59 Å². The standard InChI is InChI=1S/C11H15NO3/c1-2-5-9(11(14)15)12-10(13)8-6-3-4-7-8/h1,8-9H,3-7H2,(H,12,13)(H,14,15). The van der Waals surface area contributed by atoms with E-state index >= 15 is 0 Å². The van der Waals surface area contributed by atoms with Crippen LogP contribution < -0.4 is 5.32 Å². The van der Waals surface area contributed by atoms with Gasteiger partial charge in [-0.05, 0) is 12.8 Å². The van der Waals surface area contributed by atoms with Crippen LogP contribution in [0.15, 0.2) is 0 Å². The maximum atomic E-state index is 11.6. The number of rotatable bonds is 4. The summed E-state index contributed by atoms with van der Waals surface area (Å²) >= 11 is 0. The molecular formula is C11H15NO3. The Bertz CT molecular complexity index is 287. The number of carboxylic acid groups (broad SMARTS) is 1. The highest BCUT2D eigenvalue weighted by Gasteiger charge is 2.26. The zero-order valence-corrected chi connectivity index (χ0v) is 8.53. The molecule has 1 unspecified atom stereocenters. The summed E-state index contributed by atoms with van der Waals surface area (Å²) in [6.07, 6.45) is 8.87. The quantitative estimate of drug-likeness (QED) is 0.672. The summed E-state index contributed by atoms with van der Waals surface area (Å²) in [5, 5.41) is 11.3. The van der Waals surface area contributed by atoms with Gasteiger partial charge in [0.15, 0.2) is 0 Å². The SMILES string of the molecule is C#CCC(NC(=O)C1CCCC1)C(=O)O. The van der Waals surface area contributed by atoms with Crippen LogP contribution in [0.4, 0.5) is 0 Å². The average molecular weight is 209 g/mol. The highest BCUT2D eigenvalue weighted by atomic mass is 16.4. The van der Waals surface area contributed by atoms with Gasteiger partial charge in [-0.2, -0.15) is 0 Å². The normalized spacial score (nSPS) is 18.1. The molecule has 2 N–H and O–H groups in total. The van der Waals surface area contributed by atoms with Crippen LogP contribution in [-0.4, -0.2) is 23.0 Å². The highest BCUT2D eigenvalue weighted by molar-refractivity contribution is 5.85. The van der Waals surface area contributed by atoms with Crippen LogP contribution in [0.5, 0.6) is 0 Å². The zero-order chi connectivity index (χ0) is 11.3. The predicted octanol–water partition coefficient (Wildman–Crippen LogP) is 0.769. The molecule has 0 radical (unpaired) electrons. The van der Waals surface area contributed by atoms with E-state index in [0.29, 0.717) is 0 Å². The van der Waals surface area contributed by atoms with Crippen LogP contribution in [0.3, 0.4) is 0 Å². The second-order valence-corrected chi connectivity index (χ2v) is 3.79. The summed E-state index contributed by atoms with van der Waals surface area (Å²) in [5.74, 6) is 0.985. The Labute approximate surface area is 89.0 Å². The predicted molar refractivity (Wildman–Crippen MR) is 55.0 cm³/mol. The Kier molecular flexibility index (Phi) is 4.17. The van der Waals surface area contributed by atoms with E-state index in [4.69, 9.17) is 11.5 Å².